The lowest BCUT2D eigenvalue weighted by molar-refractivity contribution is -0.119. The fourth-order valence-corrected chi connectivity index (χ4v) is 4.44. The molecule has 0 bridgehead atoms. The smallest absolute Gasteiger partial charge is 0.225 e. The number of aromatic nitrogens is 4. The minimum atomic E-state index is -0.497. The summed E-state index contributed by atoms with van der Waals surface area (Å²) in [5.41, 5.74) is 0.601. The van der Waals surface area contributed by atoms with E-state index >= 15 is 0 Å². The summed E-state index contributed by atoms with van der Waals surface area (Å²) in [6.45, 7) is 0. The number of carbonyl (C=O) groups is 1. The average Bonchev–Trinajstić information content (AvgIpc) is 3.17. The zero-order valence-corrected chi connectivity index (χ0v) is 17.0. The highest BCUT2D eigenvalue weighted by atomic mass is 32.1. The van der Waals surface area contributed by atoms with E-state index in [9.17, 15) is 9.18 Å². The van der Waals surface area contributed by atoms with Gasteiger partial charge in [0.2, 0.25) is 5.91 Å². The molecule has 1 N–H and O–H groups in total. The lowest BCUT2D eigenvalue weighted by Gasteiger charge is -2.48. The Labute approximate surface area is 172 Å². The molecule has 7 nitrogen and oxygen atoms in total. The van der Waals surface area contributed by atoms with Gasteiger partial charge in [-0.1, -0.05) is 0 Å². The van der Waals surface area contributed by atoms with E-state index in [1.165, 1.54) is 17.4 Å². The molecular formula is C20H21FN6OS. The van der Waals surface area contributed by atoms with E-state index in [4.69, 9.17) is 0 Å². The molecule has 0 aliphatic heterocycles. The van der Waals surface area contributed by atoms with Crippen LogP contribution in [0, 0.1) is 5.82 Å². The molecule has 3 aromatic rings. The summed E-state index contributed by atoms with van der Waals surface area (Å²) >= 11 is 1.42. The molecule has 9 heteroatoms. The number of nitrogens with zero attached hydrogens (tertiary/aromatic N) is 5. The third-order valence-corrected chi connectivity index (χ3v) is 6.42. The summed E-state index contributed by atoms with van der Waals surface area (Å²) in [6, 6.07) is 6.77. The van der Waals surface area contributed by atoms with Crippen LogP contribution < -0.4 is 10.2 Å². The lowest BCUT2D eigenvalue weighted by atomic mass is 9.72. The molecular weight excluding hydrogens is 391 g/mol. The fraction of sp³-hybridized carbons (Fsp3) is 0.350. The van der Waals surface area contributed by atoms with Gasteiger partial charge in [-0.25, -0.2) is 9.37 Å². The minimum Gasteiger partial charge on any atom is -0.359 e. The van der Waals surface area contributed by atoms with Crippen LogP contribution in [-0.2, 0) is 16.8 Å². The summed E-state index contributed by atoms with van der Waals surface area (Å²) in [7, 11) is 3.51. The first-order valence-electron chi connectivity index (χ1n) is 9.38. The van der Waals surface area contributed by atoms with Crippen LogP contribution >= 0.6 is 11.3 Å². The second-order valence-corrected chi connectivity index (χ2v) is 8.15. The number of halogens is 1. The van der Waals surface area contributed by atoms with Crippen molar-refractivity contribution in [1.29, 1.82) is 0 Å². The molecule has 1 aliphatic rings. The highest BCUT2D eigenvalue weighted by Gasteiger charge is 2.46. The van der Waals surface area contributed by atoms with Crippen LogP contribution in [0.3, 0.4) is 0 Å². The predicted octanol–water partition coefficient (Wildman–Crippen LogP) is 2.94. The Balaban J connectivity index is 1.56. The van der Waals surface area contributed by atoms with Gasteiger partial charge in [-0.2, -0.15) is 0 Å². The Kier molecular flexibility index (Phi) is 5.23. The van der Waals surface area contributed by atoms with Gasteiger partial charge in [-0.3, -0.25) is 9.78 Å². The third-order valence-electron chi connectivity index (χ3n) is 5.40. The number of nitrogens with one attached hydrogen (secondary N) is 1. The molecule has 1 aliphatic carbocycles. The molecule has 3 aromatic heterocycles. The van der Waals surface area contributed by atoms with Crippen LogP contribution in [0.15, 0.2) is 36.7 Å². The van der Waals surface area contributed by atoms with Crippen LogP contribution in [0.4, 0.5) is 10.2 Å². The van der Waals surface area contributed by atoms with Crippen LogP contribution in [-0.4, -0.2) is 40.2 Å². The Morgan fingerprint density at radius 1 is 1.28 bits per heavy atom. The molecule has 0 radical (unpaired) electrons. The van der Waals surface area contributed by atoms with Crippen molar-refractivity contribution in [2.75, 3.05) is 19.0 Å². The number of carbonyl (C=O) groups excluding carboxylic acids is 1. The van der Waals surface area contributed by atoms with Crippen molar-refractivity contribution in [2.24, 2.45) is 0 Å². The number of rotatable bonds is 6. The summed E-state index contributed by atoms with van der Waals surface area (Å²) in [6.07, 6.45) is 6.25. The monoisotopic (exact) mass is 412 g/mol. The maximum atomic E-state index is 14.4. The van der Waals surface area contributed by atoms with E-state index in [1.807, 2.05) is 24.1 Å². The van der Waals surface area contributed by atoms with Gasteiger partial charge in [0, 0.05) is 31.4 Å². The van der Waals surface area contributed by atoms with Gasteiger partial charge in [-0.15, -0.1) is 21.5 Å². The van der Waals surface area contributed by atoms with Gasteiger partial charge >= 0.3 is 0 Å². The van der Waals surface area contributed by atoms with E-state index in [0.717, 1.165) is 24.1 Å². The fourth-order valence-electron chi connectivity index (χ4n) is 3.56. The first-order chi connectivity index (χ1) is 14.0. The first kappa shape index (κ1) is 19.4. The first-order valence-corrected chi connectivity index (χ1v) is 10.2. The van der Waals surface area contributed by atoms with Gasteiger partial charge in [-0.05, 0) is 43.5 Å². The van der Waals surface area contributed by atoms with Crippen molar-refractivity contribution in [3.05, 3.63) is 53.0 Å². The van der Waals surface area contributed by atoms with Crippen molar-refractivity contribution in [2.45, 2.75) is 31.2 Å². The average molecular weight is 412 g/mol. The largest absolute Gasteiger partial charge is 0.359 e. The molecule has 29 heavy (non-hydrogen) atoms. The maximum absolute atomic E-state index is 14.4. The number of amides is 1. The zero-order chi connectivity index (χ0) is 20.4. The lowest BCUT2D eigenvalue weighted by Crippen LogP contribution is -2.51. The highest BCUT2D eigenvalue weighted by Crippen LogP contribution is 2.47. The van der Waals surface area contributed by atoms with E-state index in [0.29, 0.717) is 28.6 Å². The highest BCUT2D eigenvalue weighted by molar-refractivity contribution is 7.15. The van der Waals surface area contributed by atoms with Crippen molar-refractivity contribution < 1.29 is 9.18 Å². The van der Waals surface area contributed by atoms with Gasteiger partial charge in [0.25, 0.3) is 0 Å². The number of likely N-dealkylation sites (N-methyl/N-ethyl adjacent to an activating group) is 1. The molecule has 1 saturated carbocycles. The second kappa shape index (κ2) is 7.82. The summed E-state index contributed by atoms with van der Waals surface area (Å²) in [5.74, 6) is 0.298. The molecule has 0 saturated heterocycles. The van der Waals surface area contributed by atoms with E-state index in [-0.39, 0.29) is 11.7 Å². The van der Waals surface area contributed by atoms with Crippen molar-refractivity contribution in [1.82, 2.24) is 25.5 Å². The molecule has 4 rings (SSSR count). The zero-order valence-electron chi connectivity index (χ0n) is 16.2. The topological polar surface area (TPSA) is 83.9 Å². The Bertz CT molecular complexity index is 1020. The normalized spacial score (nSPS) is 14.9. The standard InChI is InChI=1S/C20H21FN6OS/c1-22-17(28)11-13-12-24-19(29-13)15-6-7-16(26-25-15)27(2)20(8-4-9-20)18-14(21)5-3-10-23-18/h3,5-7,10,12H,4,8-9,11H2,1-2H3,(H,22,28). The molecule has 0 spiro atoms. The van der Waals surface area contributed by atoms with Crippen LogP contribution in [0.2, 0.25) is 0 Å². The Hall–Kier alpha value is -2.94. The van der Waals surface area contributed by atoms with Crippen molar-refractivity contribution >= 4 is 23.1 Å². The summed E-state index contributed by atoms with van der Waals surface area (Å²) in [5, 5.41) is 12.0. The van der Waals surface area contributed by atoms with Crippen LogP contribution in [0.25, 0.3) is 10.7 Å². The number of pyridine rings is 1. The Morgan fingerprint density at radius 2 is 2.10 bits per heavy atom. The SMILES string of the molecule is CNC(=O)Cc1cnc(-c2ccc(N(C)C3(c4ncccc4F)CCC3)nn2)s1. The van der Waals surface area contributed by atoms with E-state index < -0.39 is 5.54 Å². The van der Waals surface area contributed by atoms with Gasteiger partial charge in [0.1, 0.15) is 22.2 Å². The number of hydrogen-bond acceptors (Lipinski definition) is 7. The molecule has 1 amide bonds. The number of hydrogen-bond donors (Lipinski definition) is 1. The maximum Gasteiger partial charge on any atom is 0.225 e. The van der Waals surface area contributed by atoms with E-state index in [1.54, 1.807) is 25.5 Å². The Morgan fingerprint density at radius 3 is 2.72 bits per heavy atom. The second-order valence-electron chi connectivity index (χ2n) is 7.04. The van der Waals surface area contributed by atoms with Crippen molar-refractivity contribution in [3.63, 3.8) is 0 Å². The molecule has 150 valence electrons. The number of anilines is 1. The molecule has 0 unspecified atom stereocenters. The summed E-state index contributed by atoms with van der Waals surface area (Å²) in [4.78, 5) is 23.0. The molecule has 3 heterocycles. The van der Waals surface area contributed by atoms with E-state index in [2.05, 4.69) is 25.5 Å². The van der Waals surface area contributed by atoms with Gasteiger partial charge < -0.3 is 10.2 Å². The van der Waals surface area contributed by atoms with Gasteiger partial charge in [0.15, 0.2) is 5.82 Å². The molecule has 0 atom stereocenters. The minimum absolute atomic E-state index is 0.0594. The summed E-state index contributed by atoms with van der Waals surface area (Å²) < 4.78 is 14.4. The number of thiazole rings is 1. The third kappa shape index (κ3) is 3.57. The molecule has 0 aromatic carbocycles. The predicted molar refractivity (Wildman–Crippen MR) is 109 cm³/mol. The van der Waals surface area contributed by atoms with Crippen molar-refractivity contribution in [3.8, 4) is 10.7 Å². The van der Waals surface area contributed by atoms with Crippen LogP contribution in [0.5, 0.6) is 0 Å². The quantitative estimate of drug-likeness (QED) is 0.670. The van der Waals surface area contributed by atoms with Gasteiger partial charge in [0.05, 0.1) is 12.0 Å². The molecule has 1 fully saturated rings. The van der Waals surface area contributed by atoms with Crippen LogP contribution in [0.1, 0.15) is 29.8 Å².